The van der Waals surface area contributed by atoms with Crippen LogP contribution in [0.25, 0.3) is 5.57 Å². The Kier molecular flexibility index (Phi) is 5.03. The Morgan fingerprint density at radius 3 is 2.07 bits per heavy atom. The lowest BCUT2D eigenvalue weighted by Gasteiger charge is -2.32. The van der Waals surface area contributed by atoms with E-state index in [2.05, 4.69) is 21.2 Å². The first-order chi connectivity index (χ1) is 13.9. The molecule has 5 heteroatoms. The van der Waals surface area contributed by atoms with Gasteiger partial charge < -0.3 is 15.5 Å². The van der Waals surface area contributed by atoms with Crippen molar-refractivity contribution in [3.8, 4) is 0 Å². The number of benzene rings is 3. The van der Waals surface area contributed by atoms with E-state index in [1.54, 1.807) is 6.08 Å². The van der Waals surface area contributed by atoms with Crippen LogP contribution in [0.4, 0.5) is 5.69 Å². The highest BCUT2D eigenvalue weighted by Crippen LogP contribution is 2.50. The molecule has 2 atom stereocenters. The Morgan fingerprint density at radius 2 is 1.48 bits per heavy atom. The van der Waals surface area contributed by atoms with Gasteiger partial charge in [0.15, 0.2) is 5.54 Å². The van der Waals surface area contributed by atoms with Crippen molar-refractivity contribution in [3.63, 3.8) is 0 Å². The van der Waals surface area contributed by atoms with Crippen LogP contribution in [0.2, 0.25) is 0 Å². The minimum Gasteiger partial charge on any atom is -0.479 e. The molecule has 3 aromatic rings. The van der Waals surface area contributed by atoms with Crippen molar-refractivity contribution in [1.82, 2.24) is 0 Å². The van der Waals surface area contributed by atoms with Crippen LogP contribution < -0.4 is 5.32 Å². The van der Waals surface area contributed by atoms with Crippen molar-refractivity contribution in [2.45, 2.75) is 17.6 Å². The number of anilines is 1. The summed E-state index contributed by atoms with van der Waals surface area (Å²) in [5.41, 5.74) is -0.198. The smallest absolute Gasteiger partial charge is 0.333 e. The van der Waals surface area contributed by atoms with Crippen LogP contribution in [0.1, 0.15) is 17.5 Å². The first kappa shape index (κ1) is 19.4. The van der Waals surface area contributed by atoms with Gasteiger partial charge in [-0.3, -0.25) is 0 Å². The fourth-order valence-corrected chi connectivity index (χ4v) is 4.15. The number of aliphatic hydroxyl groups is 1. The van der Waals surface area contributed by atoms with Crippen LogP contribution in [0.5, 0.6) is 0 Å². The lowest BCUT2D eigenvalue weighted by Crippen LogP contribution is -2.46. The summed E-state index contributed by atoms with van der Waals surface area (Å²) in [7, 11) is 0. The fourth-order valence-electron chi connectivity index (χ4n) is 3.89. The highest BCUT2D eigenvalue weighted by Gasteiger charge is 2.53. The van der Waals surface area contributed by atoms with Crippen molar-refractivity contribution in [3.05, 3.63) is 107 Å². The van der Waals surface area contributed by atoms with Gasteiger partial charge in [0.25, 0.3) is 0 Å². The summed E-state index contributed by atoms with van der Waals surface area (Å²) in [6.45, 7) is 0. The number of nitrogens with one attached hydrogen (secondary N) is 1. The largest absolute Gasteiger partial charge is 0.479 e. The number of hydrogen-bond acceptors (Lipinski definition) is 3. The first-order valence-corrected chi connectivity index (χ1v) is 10.1. The molecule has 4 rings (SSSR count). The van der Waals surface area contributed by atoms with Crippen LogP contribution in [0.3, 0.4) is 0 Å². The number of rotatable bonds is 5. The molecule has 1 aliphatic carbocycles. The summed E-state index contributed by atoms with van der Waals surface area (Å²) in [6.07, 6.45) is 1.62. The Balaban J connectivity index is 1.86. The van der Waals surface area contributed by atoms with Crippen molar-refractivity contribution in [2.75, 3.05) is 5.32 Å². The normalized spacial score (nSPS) is 23.4. The third kappa shape index (κ3) is 3.59. The molecular formula is C24H20BrNO3. The third-order valence-electron chi connectivity index (χ3n) is 5.30. The van der Waals surface area contributed by atoms with Crippen LogP contribution in [-0.2, 0) is 10.4 Å². The monoisotopic (exact) mass is 449 g/mol. The van der Waals surface area contributed by atoms with E-state index in [1.807, 2.05) is 84.9 Å². The van der Waals surface area contributed by atoms with Gasteiger partial charge in [-0.15, -0.1) is 0 Å². The van der Waals surface area contributed by atoms with E-state index in [0.717, 1.165) is 10.0 Å². The van der Waals surface area contributed by atoms with Gasteiger partial charge in [0.1, 0.15) is 5.60 Å². The van der Waals surface area contributed by atoms with Crippen LogP contribution in [-0.4, -0.2) is 21.7 Å². The Hall–Kier alpha value is -2.89. The number of hydrogen-bond donors (Lipinski definition) is 3. The van der Waals surface area contributed by atoms with E-state index < -0.39 is 17.1 Å². The van der Waals surface area contributed by atoms with Crippen molar-refractivity contribution in [2.24, 2.45) is 0 Å². The molecule has 29 heavy (non-hydrogen) atoms. The van der Waals surface area contributed by atoms with Crippen LogP contribution >= 0.6 is 15.9 Å². The Labute approximate surface area is 177 Å². The van der Waals surface area contributed by atoms with E-state index >= 15 is 0 Å². The molecule has 0 saturated carbocycles. The van der Waals surface area contributed by atoms with E-state index in [0.29, 0.717) is 16.8 Å². The summed E-state index contributed by atoms with van der Waals surface area (Å²) < 4.78 is 0.903. The molecule has 0 saturated heterocycles. The lowest BCUT2D eigenvalue weighted by atomic mass is 9.82. The van der Waals surface area contributed by atoms with E-state index in [1.165, 1.54) is 0 Å². The number of aliphatic carboxylic acids is 1. The van der Waals surface area contributed by atoms with Gasteiger partial charge >= 0.3 is 5.97 Å². The second kappa shape index (κ2) is 7.50. The maximum absolute atomic E-state index is 12.5. The van der Waals surface area contributed by atoms with Crippen molar-refractivity contribution in [1.29, 1.82) is 0 Å². The summed E-state index contributed by atoms with van der Waals surface area (Å²) in [6, 6.07) is 26.0. The number of carboxylic acid groups (broad SMARTS) is 1. The van der Waals surface area contributed by atoms with E-state index in [4.69, 9.17) is 0 Å². The maximum Gasteiger partial charge on any atom is 0.333 e. The van der Waals surface area contributed by atoms with Gasteiger partial charge in [-0.1, -0.05) is 76.6 Å². The molecule has 1 aliphatic rings. The van der Waals surface area contributed by atoms with Gasteiger partial charge in [0, 0.05) is 16.6 Å². The minimum atomic E-state index is -1.45. The molecule has 0 unspecified atom stereocenters. The summed E-state index contributed by atoms with van der Waals surface area (Å²) in [5.74, 6) is -1.04. The number of carbonyl (C=O) groups is 1. The predicted molar refractivity (Wildman–Crippen MR) is 118 cm³/mol. The van der Waals surface area contributed by atoms with Gasteiger partial charge in [-0.25, -0.2) is 4.79 Å². The molecule has 0 heterocycles. The molecule has 0 spiro atoms. The number of halogens is 1. The molecule has 0 aliphatic heterocycles. The molecule has 146 valence electrons. The second-order valence-electron chi connectivity index (χ2n) is 7.24. The minimum absolute atomic E-state index is 0.0281. The van der Waals surface area contributed by atoms with Gasteiger partial charge in [0.05, 0.1) is 0 Å². The molecule has 0 bridgehead atoms. The fraction of sp³-hybridized carbons (Fsp3) is 0.125. The quantitative estimate of drug-likeness (QED) is 0.509. The van der Waals surface area contributed by atoms with E-state index in [-0.39, 0.29) is 6.42 Å². The first-order valence-electron chi connectivity index (χ1n) is 9.27. The molecule has 3 aromatic carbocycles. The van der Waals surface area contributed by atoms with Gasteiger partial charge in [-0.2, -0.15) is 0 Å². The SMILES string of the molecule is O=C(O)[C@@]1(Nc2ccc(Br)cc2)C=C(c2ccccc2)[C@](O)(c2ccccc2)C1. The highest BCUT2D eigenvalue weighted by atomic mass is 79.9. The lowest BCUT2D eigenvalue weighted by molar-refractivity contribution is -0.141. The van der Waals surface area contributed by atoms with E-state index in [9.17, 15) is 15.0 Å². The molecule has 0 aromatic heterocycles. The van der Waals surface area contributed by atoms with Crippen LogP contribution in [0, 0.1) is 0 Å². The topological polar surface area (TPSA) is 69.6 Å². The average Bonchev–Trinajstić information content (AvgIpc) is 3.06. The maximum atomic E-state index is 12.5. The van der Waals surface area contributed by atoms with Crippen LogP contribution in [0.15, 0.2) is 95.5 Å². The summed E-state index contributed by atoms with van der Waals surface area (Å²) >= 11 is 3.39. The molecule has 3 N–H and O–H groups in total. The van der Waals surface area contributed by atoms with Crippen molar-refractivity contribution >= 4 is 33.2 Å². The highest BCUT2D eigenvalue weighted by molar-refractivity contribution is 9.10. The third-order valence-corrected chi connectivity index (χ3v) is 5.83. The standard InChI is InChI=1S/C24H20BrNO3/c25-19-11-13-20(14-12-19)26-23(22(27)28)15-21(17-7-3-1-4-8-17)24(29,16-23)18-9-5-2-6-10-18/h1-15,26,29H,16H2,(H,27,28)/t23-,24-/m1/s1. The molecule has 0 radical (unpaired) electrons. The zero-order valence-corrected chi connectivity index (χ0v) is 17.1. The average molecular weight is 450 g/mol. The molecule has 4 nitrogen and oxygen atoms in total. The molecule has 0 amide bonds. The Bertz CT molecular complexity index is 1050. The summed E-state index contributed by atoms with van der Waals surface area (Å²) in [4.78, 5) is 12.5. The van der Waals surface area contributed by atoms with Gasteiger partial charge in [-0.05, 0) is 47.0 Å². The second-order valence-corrected chi connectivity index (χ2v) is 8.15. The summed E-state index contributed by atoms with van der Waals surface area (Å²) in [5, 5.41) is 25.1. The Morgan fingerprint density at radius 1 is 0.897 bits per heavy atom. The zero-order chi connectivity index (χ0) is 20.5. The molecular weight excluding hydrogens is 430 g/mol. The predicted octanol–water partition coefficient (Wildman–Crippen LogP) is 5.06. The molecule has 0 fully saturated rings. The zero-order valence-electron chi connectivity index (χ0n) is 15.5. The van der Waals surface area contributed by atoms with Gasteiger partial charge in [0.2, 0.25) is 0 Å². The number of carboxylic acids is 1. The van der Waals surface area contributed by atoms with Crippen molar-refractivity contribution < 1.29 is 15.0 Å².